The van der Waals surface area contributed by atoms with Gasteiger partial charge in [0.05, 0.1) is 12.5 Å². The Morgan fingerprint density at radius 3 is 2.21 bits per heavy atom. The van der Waals surface area contributed by atoms with Crippen LogP contribution in [0.15, 0.2) is 24.3 Å². The fourth-order valence-corrected chi connectivity index (χ4v) is 2.05. The third-order valence-corrected chi connectivity index (χ3v) is 3.85. The van der Waals surface area contributed by atoms with Crippen molar-refractivity contribution in [3.63, 3.8) is 0 Å². The molecule has 106 valence electrons. The number of carbonyl (C=O) groups is 1. The van der Waals surface area contributed by atoms with Crippen molar-refractivity contribution in [1.29, 1.82) is 0 Å². The molecule has 0 saturated carbocycles. The molecule has 1 amide bonds. The van der Waals surface area contributed by atoms with Gasteiger partial charge in [-0.15, -0.1) is 0 Å². The maximum atomic E-state index is 12.1. The van der Waals surface area contributed by atoms with E-state index in [-0.39, 0.29) is 18.4 Å². The van der Waals surface area contributed by atoms with Crippen molar-refractivity contribution in [1.82, 2.24) is 0 Å². The summed E-state index contributed by atoms with van der Waals surface area (Å²) in [6.45, 7) is 6.19. The fraction of sp³-hybridized carbons (Fsp3) is 0.562. The molecule has 2 atom stereocenters. The number of benzene rings is 1. The van der Waals surface area contributed by atoms with Gasteiger partial charge < -0.3 is 10.0 Å². The summed E-state index contributed by atoms with van der Waals surface area (Å²) in [4.78, 5) is 13.8. The van der Waals surface area contributed by atoms with Gasteiger partial charge in [0.15, 0.2) is 0 Å². The van der Waals surface area contributed by atoms with Crippen LogP contribution >= 0.6 is 0 Å². The molecule has 1 rings (SSSR count). The summed E-state index contributed by atoms with van der Waals surface area (Å²) in [7, 11) is 1.76. The molecule has 0 heterocycles. The van der Waals surface area contributed by atoms with E-state index in [9.17, 15) is 9.90 Å². The number of rotatable bonds is 6. The number of hydrogen-bond acceptors (Lipinski definition) is 2. The SMILES string of the molecule is CCC(CO)C(=O)N(C)c1ccc(C(C)CC)cc1. The first-order valence-corrected chi connectivity index (χ1v) is 7.03. The van der Waals surface area contributed by atoms with Crippen LogP contribution in [0.4, 0.5) is 5.69 Å². The zero-order valence-corrected chi connectivity index (χ0v) is 12.4. The van der Waals surface area contributed by atoms with Crippen molar-refractivity contribution in [2.24, 2.45) is 5.92 Å². The van der Waals surface area contributed by atoms with Crippen molar-refractivity contribution in [3.8, 4) is 0 Å². The Morgan fingerprint density at radius 2 is 1.79 bits per heavy atom. The summed E-state index contributed by atoms with van der Waals surface area (Å²) in [6, 6.07) is 8.10. The molecule has 0 aliphatic carbocycles. The average Bonchev–Trinajstić information content (AvgIpc) is 2.47. The second kappa shape index (κ2) is 7.29. The Labute approximate surface area is 116 Å². The first-order valence-electron chi connectivity index (χ1n) is 7.03. The quantitative estimate of drug-likeness (QED) is 0.856. The van der Waals surface area contributed by atoms with E-state index in [1.807, 2.05) is 19.1 Å². The molecule has 0 spiro atoms. The summed E-state index contributed by atoms with van der Waals surface area (Å²) in [5.74, 6) is 0.205. The number of nitrogens with zero attached hydrogens (tertiary/aromatic N) is 1. The van der Waals surface area contributed by atoms with Gasteiger partial charge in [0, 0.05) is 12.7 Å². The van der Waals surface area contributed by atoms with E-state index in [4.69, 9.17) is 0 Å². The lowest BCUT2D eigenvalue weighted by Crippen LogP contribution is -2.34. The van der Waals surface area contributed by atoms with Gasteiger partial charge in [-0.05, 0) is 36.5 Å². The molecular formula is C16H25NO2. The minimum absolute atomic E-state index is 0.0266. The molecule has 19 heavy (non-hydrogen) atoms. The van der Waals surface area contributed by atoms with Crippen LogP contribution in [0.1, 0.15) is 45.1 Å². The summed E-state index contributed by atoms with van der Waals surface area (Å²) >= 11 is 0. The van der Waals surface area contributed by atoms with Crippen LogP contribution in [0.2, 0.25) is 0 Å². The lowest BCUT2D eigenvalue weighted by molar-refractivity contribution is -0.123. The highest BCUT2D eigenvalue weighted by Crippen LogP contribution is 2.23. The second-order valence-corrected chi connectivity index (χ2v) is 5.09. The highest BCUT2D eigenvalue weighted by atomic mass is 16.3. The minimum atomic E-state index is -0.306. The Kier molecular flexibility index (Phi) is 6.03. The number of anilines is 1. The first-order chi connectivity index (χ1) is 9.04. The van der Waals surface area contributed by atoms with Crippen LogP contribution in [0.25, 0.3) is 0 Å². The van der Waals surface area contributed by atoms with E-state index < -0.39 is 0 Å². The molecule has 1 N–H and O–H groups in total. The van der Waals surface area contributed by atoms with Crippen LogP contribution in [0, 0.1) is 5.92 Å². The van der Waals surface area contributed by atoms with Crippen molar-refractivity contribution in [2.45, 2.75) is 39.5 Å². The summed E-state index contributed by atoms with van der Waals surface area (Å²) in [5, 5.41) is 9.19. The predicted octanol–water partition coefficient (Wildman–Crippen LogP) is 3.18. The van der Waals surface area contributed by atoms with Crippen molar-refractivity contribution < 1.29 is 9.90 Å². The van der Waals surface area contributed by atoms with E-state index in [1.54, 1.807) is 11.9 Å². The Hall–Kier alpha value is -1.35. The van der Waals surface area contributed by atoms with Crippen LogP contribution in [0.3, 0.4) is 0 Å². The number of hydrogen-bond donors (Lipinski definition) is 1. The number of carbonyl (C=O) groups excluding carboxylic acids is 1. The minimum Gasteiger partial charge on any atom is -0.396 e. The smallest absolute Gasteiger partial charge is 0.232 e. The molecule has 3 heteroatoms. The molecule has 3 nitrogen and oxygen atoms in total. The standard InChI is InChI=1S/C16H25NO2/c1-5-12(3)14-7-9-15(10-8-14)17(4)16(19)13(6-2)11-18/h7-10,12-13,18H,5-6,11H2,1-4H3. The molecule has 1 aromatic rings. The summed E-state index contributed by atoms with van der Waals surface area (Å²) in [6.07, 6.45) is 1.77. The molecule has 0 aliphatic rings. The van der Waals surface area contributed by atoms with E-state index in [2.05, 4.69) is 26.0 Å². The molecule has 0 radical (unpaired) electrons. The molecule has 1 aromatic carbocycles. The van der Waals surface area contributed by atoms with Crippen molar-refractivity contribution in [3.05, 3.63) is 29.8 Å². The third-order valence-electron chi connectivity index (χ3n) is 3.85. The van der Waals surface area contributed by atoms with Gasteiger partial charge in [0.2, 0.25) is 5.91 Å². The number of aliphatic hydroxyl groups excluding tert-OH is 1. The van der Waals surface area contributed by atoms with Crippen LogP contribution in [0.5, 0.6) is 0 Å². The lowest BCUT2D eigenvalue weighted by atomic mass is 9.98. The number of aliphatic hydroxyl groups is 1. The van der Waals surface area contributed by atoms with Gasteiger partial charge in [-0.25, -0.2) is 0 Å². The third kappa shape index (κ3) is 3.80. The maximum Gasteiger partial charge on any atom is 0.232 e. The van der Waals surface area contributed by atoms with Gasteiger partial charge in [-0.3, -0.25) is 4.79 Å². The van der Waals surface area contributed by atoms with Gasteiger partial charge in [-0.1, -0.05) is 32.9 Å². The zero-order valence-electron chi connectivity index (χ0n) is 12.4. The highest BCUT2D eigenvalue weighted by molar-refractivity contribution is 5.94. The largest absolute Gasteiger partial charge is 0.396 e. The topological polar surface area (TPSA) is 40.5 Å². The van der Waals surface area contributed by atoms with E-state index in [1.165, 1.54) is 5.56 Å². The van der Waals surface area contributed by atoms with Crippen molar-refractivity contribution in [2.75, 3.05) is 18.6 Å². The molecule has 0 fully saturated rings. The molecular weight excluding hydrogens is 238 g/mol. The molecule has 2 unspecified atom stereocenters. The Bertz CT molecular complexity index is 396. The maximum absolute atomic E-state index is 12.1. The Balaban J connectivity index is 2.83. The van der Waals surface area contributed by atoms with Gasteiger partial charge in [-0.2, -0.15) is 0 Å². The normalized spacial score (nSPS) is 13.9. The van der Waals surface area contributed by atoms with E-state index in [0.29, 0.717) is 12.3 Å². The Morgan fingerprint density at radius 1 is 1.21 bits per heavy atom. The average molecular weight is 263 g/mol. The molecule has 0 saturated heterocycles. The fourth-order valence-electron chi connectivity index (χ4n) is 2.05. The van der Waals surface area contributed by atoms with E-state index >= 15 is 0 Å². The zero-order chi connectivity index (χ0) is 14.4. The van der Waals surface area contributed by atoms with Gasteiger partial charge in [0.1, 0.15) is 0 Å². The van der Waals surface area contributed by atoms with Crippen LogP contribution in [-0.4, -0.2) is 24.7 Å². The molecule has 0 bridgehead atoms. The molecule has 0 aliphatic heterocycles. The first kappa shape index (κ1) is 15.7. The monoisotopic (exact) mass is 263 g/mol. The second-order valence-electron chi connectivity index (χ2n) is 5.09. The summed E-state index contributed by atoms with van der Waals surface area (Å²) in [5.41, 5.74) is 2.17. The van der Waals surface area contributed by atoms with Crippen molar-refractivity contribution >= 4 is 11.6 Å². The predicted molar refractivity (Wildman–Crippen MR) is 79.4 cm³/mol. The van der Waals surface area contributed by atoms with Crippen LogP contribution in [-0.2, 0) is 4.79 Å². The van der Waals surface area contributed by atoms with Gasteiger partial charge >= 0.3 is 0 Å². The number of amides is 1. The lowest BCUT2D eigenvalue weighted by Gasteiger charge is -2.22. The molecule has 0 aromatic heterocycles. The summed E-state index contributed by atoms with van der Waals surface area (Å²) < 4.78 is 0. The van der Waals surface area contributed by atoms with Gasteiger partial charge in [0.25, 0.3) is 0 Å². The van der Waals surface area contributed by atoms with E-state index in [0.717, 1.165) is 12.1 Å². The highest BCUT2D eigenvalue weighted by Gasteiger charge is 2.20. The van der Waals surface area contributed by atoms with Crippen LogP contribution < -0.4 is 4.90 Å².